The van der Waals surface area contributed by atoms with Crippen molar-refractivity contribution in [2.24, 2.45) is 16.1 Å². The Morgan fingerprint density at radius 1 is 1.44 bits per heavy atom. The van der Waals surface area contributed by atoms with E-state index in [2.05, 4.69) is 10.3 Å². The van der Waals surface area contributed by atoms with Gasteiger partial charge in [-0.1, -0.05) is 13.3 Å². The lowest BCUT2D eigenvalue weighted by molar-refractivity contribution is -0.142. The third-order valence-electron chi connectivity index (χ3n) is 3.16. The van der Waals surface area contributed by atoms with Crippen LogP contribution in [0, 0.1) is 5.41 Å². The molecule has 0 bridgehead atoms. The number of carboxylic acids is 1. The number of carbonyl (C=O) groups is 3. The largest absolute Gasteiger partial charge is 0.481 e. The topological polar surface area (TPSA) is 122 Å². The summed E-state index contributed by atoms with van der Waals surface area (Å²) in [5.74, 6) is -2.05. The zero-order valence-electron chi connectivity index (χ0n) is 10.2. The summed E-state index contributed by atoms with van der Waals surface area (Å²) in [4.78, 5) is 37.7. The first kappa shape index (κ1) is 14.1. The zero-order valence-corrected chi connectivity index (χ0v) is 10.2. The van der Waals surface area contributed by atoms with E-state index < -0.39 is 23.2 Å². The minimum absolute atomic E-state index is 0.0288. The van der Waals surface area contributed by atoms with E-state index in [9.17, 15) is 14.4 Å². The number of aliphatic carboxylic acids is 1. The van der Waals surface area contributed by atoms with Gasteiger partial charge in [0.15, 0.2) is 0 Å². The van der Waals surface area contributed by atoms with E-state index >= 15 is 0 Å². The van der Waals surface area contributed by atoms with E-state index in [1.54, 1.807) is 6.92 Å². The quantitative estimate of drug-likeness (QED) is 0.455. The average molecular weight is 255 g/mol. The second-order valence-electron chi connectivity index (χ2n) is 4.29. The highest BCUT2D eigenvalue weighted by Crippen LogP contribution is 2.32. The molecule has 0 fully saturated rings. The summed E-state index contributed by atoms with van der Waals surface area (Å²) in [6, 6.07) is 0. The molecule has 7 nitrogen and oxygen atoms in total. The van der Waals surface area contributed by atoms with Crippen LogP contribution < -0.4 is 11.1 Å². The van der Waals surface area contributed by atoms with Gasteiger partial charge in [-0.25, -0.2) is 0 Å². The summed E-state index contributed by atoms with van der Waals surface area (Å²) in [6.45, 7) is 1.73. The number of hydrogen-bond acceptors (Lipinski definition) is 4. The first-order chi connectivity index (χ1) is 8.42. The number of guanidine groups is 1. The summed E-state index contributed by atoms with van der Waals surface area (Å²) in [7, 11) is 0. The molecule has 0 saturated heterocycles. The fraction of sp³-hybridized carbons (Fsp3) is 0.636. The number of nitrogens with one attached hydrogen (secondary N) is 1. The highest BCUT2D eigenvalue weighted by molar-refractivity contribution is 6.17. The molecular formula is C11H17N3O4. The standard InChI is InChI=1S/C11H17N3O4/c1-2-11(6-4-3-5-7(15)16)8(17)13-10(12)14-9(11)18/h2-6H2,1H3,(H,15,16)(H3,12,13,14,17,18). The van der Waals surface area contributed by atoms with Crippen molar-refractivity contribution in [1.29, 1.82) is 0 Å². The van der Waals surface area contributed by atoms with Crippen LogP contribution in [0.15, 0.2) is 4.99 Å². The molecule has 0 aromatic carbocycles. The fourth-order valence-electron chi connectivity index (χ4n) is 1.99. The predicted molar refractivity (Wildman–Crippen MR) is 63.6 cm³/mol. The Morgan fingerprint density at radius 3 is 2.61 bits per heavy atom. The first-order valence-corrected chi connectivity index (χ1v) is 5.84. The molecule has 0 aliphatic carbocycles. The van der Waals surface area contributed by atoms with Crippen molar-refractivity contribution in [1.82, 2.24) is 5.32 Å². The average Bonchev–Trinajstić information content (AvgIpc) is 2.27. The van der Waals surface area contributed by atoms with E-state index in [1.807, 2.05) is 0 Å². The van der Waals surface area contributed by atoms with E-state index in [0.717, 1.165) is 0 Å². The maximum atomic E-state index is 11.9. The van der Waals surface area contributed by atoms with E-state index in [0.29, 0.717) is 19.3 Å². The minimum atomic E-state index is -1.19. The number of nitrogens with zero attached hydrogens (tertiary/aromatic N) is 1. The van der Waals surface area contributed by atoms with Crippen molar-refractivity contribution in [2.45, 2.75) is 39.0 Å². The van der Waals surface area contributed by atoms with Crippen LogP contribution in [0.1, 0.15) is 39.0 Å². The third-order valence-corrected chi connectivity index (χ3v) is 3.16. The normalized spacial score (nSPS) is 23.5. The van der Waals surface area contributed by atoms with Gasteiger partial charge in [0.25, 0.3) is 5.91 Å². The SMILES string of the molecule is CC[C@@]1(CCCCC(=O)O)C(=O)N=C(N)NC1=O. The maximum Gasteiger partial charge on any atom is 0.303 e. The predicted octanol–water partition coefficient (Wildman–Crippen LogP) is -0.00110. The van der Waals surface area contributed by atoms with Gasteiger partial charge in [-0.2, -0.15) is 4.99 Å². The highest BCUT2D eigenvalue weighted by Gasteiger charge is 2.46. The highest BCUT2D eigenvalue weighted by atomic mass is 16.4. The van der Waals surface area contributed by atoms with Crippen LogP contribution >= 0.6 is 0 Å². The molecule has 1 heterocycles. The molecule has 0 unspecified atom stereocenters. The van der Waals surface area contributed by atoms with E-state index in [-0.39, 0.29) is 18.8 Å². The monoisotopic (exact) mass is 255 g/mol. The Bertz CT molecular complexity index is 405. The second-order valence-corrected chi connectivity index (χ2v) is 4.29. The lowest BCUT2D eigenvalue weighted by atomic mass is 9.77. The van der Waals surface area contributed by atoms with Gasteiger partial charge in [-0.05, 0) is 19.3 Å². The Morgan fingerprint density at radius 2 is 2.11 bits per heavy atom. The maximum absolute atomic E-state index is 11.9. The first-order valence-electron chi connectivity index (χ1n) is 5.84. The van der Waals surface area contributed by atoms with Gasteiger partial charge in [-0.15, -0.1) is 0 Å². The minimum Gasteiger partial charge on any atom is -0.481 e. The molecule has 0 saturated carbocycles. The van der Waals surface area contributed by atoms with Gasteiger partial charge >= 0.3 is 5.97 Å². The molecule has 0 spiro atoms. The van der Waals surface area contributed by atoms with Crippen molar-refractivity contribution in [3.8, 4) is 0 Å². The van der Waals surface area contributed by atoms with Gasteiger partial charge in [0.2, 0.25) is 11.9 Å². The molecule has 2 amide bonds. The lowest BCUT2D eigenvalue weighted by Crippen LogP contribution is -2.54. The molecule has 1 atom stereocenters. The van der Waals surface area contributed by atoms with Crippen molar-refractivity contribution < 1.29 is 19.5 Å². The van der Waals surface area contributed by atoms with Crippen LogP contribution in [-0.2, 0) is 14.4 Å². The van der Waals surface area contributed by atoms with Crippen molar-refractivity contribution >= 4 is 23.7 Å². The summed E-state index contributed by atoms with van der Waals surface area (Å²) < 4.78 is 0. The molecule has 18 heavy (non-hydrogen) atoms. The van der Waals surface area contributed by atoms with Gasteiger partial charge < -0.3 is 10.8 Å². The van der Waals surface area contributed by atoms with Crippen molar-refractivity contribution in [2.75, 3.05) is 0 Å². The third kappa shape index (κ3) is 2.85. The molecule has 0 aromatic heterocycles. The smallest absolute Gasteiger partial charge is 0.303 e. The van der Waals surface area contributed by atoms with Crippen LogP contribution in [0.4, 0.5) is 0 Å². The fourth-order valence-corrected chi connectivity index (χ4v) is 1.99. The van der Waals surface area contributed by atoms with Crippen LogP contribution in [0.2, 0.25) is 0 Å². The second kappa shape index (κ2) is 5.61. The molecule has 1 aliphatic heterocycles. The summed E-state index contributed by atoms with van der Waals surface area (Å²) in [5, 5.41) is 10.9. The Balaban J connectivity index is 2.70. The molecule has 1 aliphatic rings. The van der Waals surface area contributed by atoms with Crippen LogP contribution in [0.25, 0.3) is 0 Å². The number of unbranched alkanes of at least 4 members (excludes halogenated alkanes) is 1. The molecule has 1 rings (SSSR count). The molecule has 4 N–H and O–H groups in total. The number of amides is 2. The Labute approximate surface area is 104 Å². The van der Waals surface area contributed by atoms with E-state index in [1.165, 1.54) is 0 Å². The van der Waals surface area contributed by atoms with Gasteiger partial charge in [0.05, 0.1) is 0 Å². The van der Waals surface area contributed by atoms with Crippen LogP contribution in [-0.4, -0.2) is 28.8 Å². The number of nitrogens with two attached hydrogens (primary N) is 1. The van der Waals surface area contributed by atoms with Gasteiger partial charge in [0.1, 0.15) is 5.41 Å². The number of hydrogen-bond donors (Lipinski definition) is 3. The molecular weight excluding hydrogens is 238 g/mol. The number of aliphatic imine (C=N–C) groups is 1. The number of rotatable bonds is 6. The van der Waals surface area contributed by atoms with Gasteiger partial charge in [0, 0.05) is 6.42 Å². The zero-order chi connectivity index (χ0) is 13.8. The molecule has 0 radical (unpaired) electrons. The summed E-state index contributed by atoms with van der Waals surface area (Å²) in [5.41, 5.74) is 4.11. The lowest BCUT2D eigenvalue weighted by Gasteiger charge is -2.30. The molecule has 7 heteroatoms. The molecule has 0 aromatic rings. The number of carboxylic acid groups (broad SMARTS) is 1. The number of carbonyl (C=O) groups excluding carboxylic acids is 2. The summed E-state index contributed by atoms with van der Waals surface area (Å²) in [6.07, 6.45) is 1.55. The van der Waals surface area contributed by atoms with Crippen molar-refractivity contribution in [3.05, 3.63) is 0 Å². The van der Waals surface area contributed by atoms with Crippen molar-refractivity contribution in [3.63, 3.8) is 0 Å². The van der Waals surface area contributed by atoms with Crippen LogP contribution in [0.3, 0.4) is 0 Å². The Kier molecular flexibility index (Phi) is 4.41. The Hall–Kier alpha value is -1.92. The molecule has 100 valence electrons. The van der Waals surface area contributed by atoms with Crippen LogP contribution in [0.5, 0.6) is 0 Å². The van der Waals surface area contributed by atoms with Gasteiger partial charge in [-0.3, -0.25) is 19.7 Å². The summed E-state index contributed by atoms with van der Waals surface area (Å²) >= 11 is 0. The van der Waals surface area contributed by atoms with E-state index in [4.69, 9.17) is 10.8 Å².